The van der Waals surface area contributed by atoms with Crippen LogP contribution >= 0.6 is 0 Å². The second kappa shape index (κ2) is 4.91. The number of piperazine rings is 1. The van der Waals surface area contributed by atoms with E-state index in [4.69, 9.17) is 9.84 Å². The molecule has 1 atom stereocenters. The van der Waals surface area contributed by atoms with Gasteiger partial charge in [-0.3, -0.25) is 4.90 Å². The summed E-state index contributed by atoms with van der Waals surface area (Å²) < 4.78 is 5.20. The molecule has 1 aliphatic heterocycles. The van der Waals surface area contributed by atoms with Crippen LogP contribution in [0.15, 0.2) is 0 Å². The van der Waals surface area contributed by atoms with Crippen molar-refractivity contribution in [1.29, 1.82) is 0 Å². The lowest BCUT2D eigenvalue weighted by Crippen LogP contribution is -2.58. The Morgan fingerprint density at radius 1 is 1.29 bits per heavy atom. The molecule has 1 fully saturated rings. The molecule has 1 heterocycles. The standard InChI is InChI=1S/C11H20N2O4/c1-11(2,3)17-10(16)13-6-5-12(4)7-8(13)9(14)15/h8H,5-7H2,1-4H3,(H,14,15)/t8-/m0/s1. The minimum Gasteiger partial charge on any atom is -0.480 e. The molecule has 1 N–H and O–H groups in total. The van der Waals surface area contributed by atoms with Crippen LogP contribution in [0.25, 0.3) is 0 Å². The van der Waals surface area contributed by atoms with Crippen molar-refractivity contribution in [3.05, 3.63) is 0 Å². The van der Waals surface area contributed by atoms with Crippen molar-refractivity contribution in [3.63, 3.8) is 0 Å². The van der Waals surface area contributed by atoms with Gasteiger partial charge in [-0.25, -0.2) is 9.59 Å². The van der Waals surface area contributed by atoms with Crippen LogP contribution < -0.4 is 0 Å². The van der Waals surface area contributed by atoms with E-state index in [1.165, 1.54) is 4.90 Å². The van der Waals surface area contributed by atoms with Crippen molar-refractivity contribution in [2.75, 3.05) is 26.7 Å². The predicted octanol–water partition coefficient (Wildman–Crippen LogP) is 0.622. The normalized spacial score (nSPS) is 22.4. The summed E-state index contributed by atoms with van der Waals surface area (Å²) in [5.41, 5.74) is -0.608. The highest BCUT2D eigenvalue weighted by molar-refractivity contribution is 5.80. The van der Waals surface area contributed by atoms with Crippen molar-refractivity contribution < 1.29 is 19.4 Å². The van der Waals surface area contributed by atoms with Gasteiger partial charge in [0.25, 0.3) is 0 Å². The Kier molecular flexibility index (Phi) is 3.98. The zero-order valence-electron chi connectivity index (χ0n) is 10.8. The van der Waals surface area contributed by atoms with Crippen LogP contribution in [0.4, 0.5) is 4.79 Å². The maximum absolute atomic E-state index is 11.9. The van der Waals surface area contributed by atoms with Gasteiger partial charge in [-0.2, -0.15) is 0 Å². The first kappa shape index (κ1) is 13.8. The van der Waals surface area contributed by atoms with E-state index in [-0.39, 0.29) is 0 Å². The number of carboxylic acids is 1. The van der Waals surface area contributed by atoms with Crippen LogP contribution in [0, 0.1) is 0 Å². The number of carbonyl (C=O) groups excluding carboxylic acids is 1. The molecule has 6 nitrogen and oxygen atoms in total. The summed E-state index contributed by atoms with van der Waals surface area (Å²) in [6, 6.07) is -0.830. The summed E-state index contributed by atoms with van der Waals surface area (Å²) >= 11 is 0. The maximum atomic E-state index is 11.9. The summed E-state index contributed by atoms with van der Waals surface area (Å²) in [6.45, 7) is 6.64. The Labute approximate surface area is 101 Å². The molecule has 0 aromatic carbocycles. The maximum Gasteiger partial charge on any atom is 0.411 e. The van der Waals surface area contributed by atoms with Crippen molar-refractivity contribution in [1.82, 2.24) is 9.80 Å². The number of carbonyl (C=O) groups is 2. The summed E-state index contributed by atoms with van der Waals surface area (Å²) in [4.78, 5) is 26.1. The van der Waals surface area contributed by atoms with Gasteiger partial charge < -0.3 is 14.7 Å². The summed E-state index contributed by atoms with van der Waals surface area (Å²) in [5.74, 6) is -0.998. The van der Waals surface area contributed by atoms with Crippen LogP contribution in [0.2, 0.25) is 0 Å². The zero-order chi connectivity index (χ0) is 13.2. The number of likely N-dealkylation sites (N-methyl/N-ethyl adjacent to an activating group) is 1. The van der Waals surface area contributed by atoms with Crippen LogP contribution in [-0.2, 0) is 9.53 Å². The monoisotopic (exact) mass is 244 g/mol. The number of rotatable bonds is 1. The van der Waals surface area contributed by atoms with Crippen LogP contribution in [0.5, 0.6) is 0 Å². The van der Waals surface area contributed by atoms with E-state index in [0.717, 1.165) is 0 Å². The molecule has 1 aliphatic rings. The third-order valence-corrected chi connectivity index (χ3v) is 2.50. The van der Waals surface area contributed by atoms with E-state index in [0.29, 0.717) is 19.6 Å². The lowest BCUT2D eigenvalue weighted by Gasteiger charge is -2.38. The minimum absolute atomic E-state index is 0.328. The zero-order valence-corrected chi connectivity index (χ0v) is 10.8. The fourth-order valence-electron chi connectivity index (χ4n) is 1.67. The summed E-state index contributed by atoms with van der Waals surface area (Å²) in [7, 11) is 1.84. The van der Waals surface area contributed by atoms with Crippen LogP contribution in [0.3, 0.4) is 0 Å². The highest BCUT2D eigenvalue weighted by Crippen LogP contribution is 2.15. The molecule has 6 heteroatoms. The second-order valence-corrected chi connectivity index (χ2v) is 5.29. The second-order valence-electron chi connectivity index (χ2n) is 5.29. The molecule has 0 unspecified atom stereocenters. The summed E-state index contributed by atoms with van der Waals surface area (Å²) in [5, 5.41) is 9.10. The molecule has 98 valence electrons. The van der Waals surface area contributed by atoms with Gasteiger partial charge in [0, 0.05) is 19.6 Å². The van der Waals surface area contributed by atoms with Gasteiger partial charge >= 0.3 is 12.1 Å². The Hall–Kier alpha value is -1.30. The molecular formula is C11H20N2O4. The topological polar surface area (TPSA) is 70.1 Å². The molecule has 0 aliphatic carbocycles. The summed E-state index contributed by atoms with van der Waals surface area (Å²) in [6.07, 6.45) is -0.557. The molecule has 0 radical (unpaired) electrons. The van der Waals surface area contributed by atoms with E-state index >= 15 is 0 Å². The largest absolute Gasteiger partial charge is 0.480 e. The van der Waals surface area contributed by atoms with Gasteiger partial charge in [0.2, 0.25) is 0 Å². The van der Waals surface area contributed by atoms with Crippen molar-refractivity contribution in [3.8, 4) is 0 Å². The van der Waals surface area contributed by atoms with E-state index in [1.54, 1.807) is 20.8 Å². The van der Waals surface area contributed by atoms with Gasteiger partial charge in [0.05, 0.1) is 0 Å². The van der Waals surface area contributed by atoms with Crippen LogP contribution in [0.1, 0.15) is 20.8 Å². The lowest BCUT2D eigenvalue weighted by atomic mass is 10.2. The highest BCUT2D eigenvalue weighted by atomic mass is 16.6. The van der Waals surface area contributed by atoms with Gasteiger partial charge in [-0.1, -0.05) is 0 Å². The van der Waals surface area contributed by atoms with E-state index in [1.807, 2.05) is 11.9 Å². The number of amides is 1. The Bertz CT molecular complexity index is 311. The average molecular weight is 244 g/mol. The van der Waals surface area contributed by atoms with E-state index in [2.05, 4.69) is 0 Å². The van der Waals surface area contributed by atoms with Gasteiger partial charge in [-0.05, 0) is 27.8 Å². The number of carboxylic acid groups (broad SMARTS) is 1. The number of ether oxygens (including phenoxy) is 1. The smallest absolute Gasteiger partial charge is 0.411 e. The Balaban J connectivity index is 2.73. The molecule has 0 spiro atoms. The molecular weight excluding hydrogens is 224 g/mol. The molecule has 0 saturated carbocycles. The first-order valence-corrected chi connectivity index (χ1v) is 5.61. The Morgan fingerprint density at radius 2 is 1.88 bits per heavy atom. The number of aliphatic carboxylic acids is 1. The number of nitrogens with zero attached hydrogens (tertiary/aromatic N) is 2. The molecule has 0 aromatic rings. The van der Waals surface area contributed by atoms with Crippen molar-refractivity contribution >= 4 is 12.1 Å². The highest BCUT2D eigenvalue weighted by Gasteiger charge is 2.36. The van der Waals surface area contributed by atoms with Crippen molar-refractivity contribution in [2.24, 2.45) is 0 Å². The fraction of sp³-hybridized carbons (Fsp3) is 0.818. The minimum atomic E-state index is -0.998. The van der Waals surface area contributed by atoms with Crippen LogP contribution in [-0.4, -0.2) is 65.3 Å². The number of hydrogen-bond donors (Lipinski definition) is 1. The third-order valence-electron chi connectivity index (χ3n) is 2.50. The first-order chi connectivity index (χ1) is 7.70. The Morgan fingerprint density at radius 3 is 2.35 bits per heavy atom. The number of hydrogen-bond acceptors (Lipinski definition) is 4. The molecule has 17 heavy (non-hydrogen) atoms. The average Bonchev–Trinajstić information content (AvgIpc) is 2.14. The lowest BCUT2D eigenvalue weighted by molar-refractivity contribution is -0.145. The van der Waals surface area contributed by atoms with E-state index < -0.39 is 23.7 Å². The first-order valence-electron chi connectivity index (χ1n) is 5.61. The van der Waals surface area contributed by atoms with Crippen molar-refractivity contribution in [2.45, 2.75) is 32.4 Å². The van der Waals surface area contributed by atoms with Gasteiger partial charge in [0.1, 0.15) is 11.6 Å². The molecule has 1 saturated heterocycles. The molecule has 0 bridgehead atoms. The SMILES string of the molecule is CN1CCN(C(=O)OC(C)(C)C)[C@H](C(=O)O)C1. The van der Waals surface area contributed by atoms with Gasteiger partial charge in [0.15, 0.2) is 0 Å². The quantitative estimate of drug-likeness (QED) is 0.732. The molecule has 0 aromatic heterocycles. The molecule has 1 rings (SSSR count). The molecule has 1 amide bonds. The third kappa shape index (κ3) is 3.89. The fourth-order valence-corrected chi connectivity index (χ4v) is 1.67. The predicted molar refractivity (Wildman–Crippen MR) is 61.9 cm³/mol. The van der Waals surface area contributed by atoms with E-state index in [9.17, 15) is 9.59 Å². The van der Waals surface area contributed by atoms with Gasteiger partial charge in [-0.15, -0.1) is 0 Å².